The van der Waals surface area contributed by atoms with E-state index in [1.54, 1.807) is 0 Å². The van der Waals surface area contributed by atoms with Gasteiger partial charge in [-0.05, 0) is 19.9 Å². The normalized spacial score (nSPS) is 19.5. The summed E-state index contributed by atoms with van der Waals surface area (Å²) in [5, 5.41) is 12.8. The van der Waals surface area contributed by atoms with Gasteiger partial charge in [-0.15, -0.1) is 0 Å². The van der Waals surface area contributed by atoms with Crippen molar-refractivity contribution in [3.63, 3.8) is 0 Å². The highest BCUT2D eigenvalue weighted by Gasteiger charge is 2.64. The predicted octanol–water partition coefficient (Wildman–Crippen LogP) is 0.260. The number of nitrogens with one attached hydrogen (secondary N) is 2. The molecule has 1 saturated carbocycles. The van der Waals surface area contributed by atoms with Crippen LogP contribution in [0.4, 0.5) is 13.2 Å². The number of aliphatic carboxylic acids is 1. The Kier molecular flexibility index (Phi) is 3.65. The number of carbonyl (C=O) groups excluding carboxylic acids is 1. The van der Waals surface area contributed by atoms with Gasteiger partial charge in [0.15, 0.2) is 0 Å². The van der Waals surface area contributed by atoms with E-state index in [0.717, 1.165) is 0 Å². The Hall–Kier alpha value is -1.31. The average Bonchev–Trinajstić information content (AvgIpc) is 2.93. The molecule has 0 spiro atoms. The first-order valence-corrected chi connectivity index (χ1v) is 5.00. The Morgan fingerprint density at radius 1 is 1.41 bits per heavy atom. The Labute approximate surface area is 95.4 Å². The van der Waals surface area contributed by atoms with Crippen molar-refractivity contribution < 1.29 is 27.9 Å². The molecule has 1 fully saturated rings. The molecular weight excluding hydrogens is 241 g/mol. The van der Waals surface area contributed by atoms with Crippen molar-refractivity contribution >= 4 is 11.9 Å². The van der Waals surface area contributed by atoms with Crippen molar-refractivity contribution in [3.8, 4) is 0 Å². The van der Waals surface area contributed by atoms with E-state index in [4.69, 9.17) is 5.11 Å². The minimum Gasteiger partial charge on any atom is -0.480 e. The van der Waals surface area contributed by atoms with Gasteiger partial charge in [0.1, 0.15) is 11.6 Å². The van der Waals surface area contributed by atoms with E-state index in [1.807, 2.05) is 5.32 Å². The number of alkyl halides is 3. The first kappa shape index (κ1) is 13.8. The number of amides is 1. The van der Waals surface area contributed by atoms with Crippen LogP contribution in [0.15, 0.2) is 0 Å². The Bertz CT molecular complexity index is 326. The van der Waals surface area contributed by atoms with Crippen LogP contribution in [0.5, 0.6) is 0 Å². The number of carbonyl (C=O) groups is 2. The third-order valence-electron chi connectivity index (χ3n) is 2.71. The average molecular weight is 254 g/mol. The van der Waals surface area contributed by atoms with Gasteiger partial charge in [-0.2, -0.15) is 13.2 Å². The zero-order valence-corrected chi connectivity index (χ0v) is 9.10. The van der Waals surface area contributed by atoms with Crippen LogP contribution in [0.3, 0.4) is 0 Å². The number of rotatable bonds is 5. The molecule has 8 heteroatoms. The maximum absolute atomic E-state index is 12.5. The highest BCUT2D eigenvalue weighted by atomic mass is 19.4. The largest absolute Gasteiger partial charge is 0.480 e. The fraction of sp³-hybridized carbons (Fsp3) is 0.778. The van der Waals surface area contributed by atoms with Crippen LogP contribution in [0.1, 0.15) is 19.3 Å². The van der Waals surface area contributed by atoms with Crippen LogP contribution in [0, 0.1) is 0 Å². The van der Waals surface area contributed by atoms with E-state index in [2.05, 4.69) is 5.32 Å². The summed E-state index contributed by atoms with van der Waals surface area (Å²) in [4.78, 5) is 21.9. The van der Waals surface area contributed by atoms with Gasteiger partial charge in [-0.1, -0.05) is 0 Å². The van der Waals surface area contributed by atoms with E-state index >= 15 is 0 Å². The van der Waals surface area contributed by atoms with Gasteiger partial charge in [0.05, 0.1) is 6.42 Å². The molecule has 1 amide bonds. The summed E-state index contributed by atoms with van der Waals surface area (Å²) in [5.74, 6) is -2.19. The van der Waals surface area contributed by atoms with E-state index in [1.165, 1.54) is 7.05 Å². The van der Waals surface area contributed by atoms with E-state index < -0.39 is 36.1 Å². The van der Waals surface area contributed by atoms with Crippen LogP contribution in [0.25, 0.3) is 0 Å². The number of hydrogen-bond donors (Lipinski definition) is 3. The molecule has 0 radical (unpaired) electrons. The molecule has 1 rings (SSSR count). The van der Waals surface area contributed by atoms with Gasteiger partial charge in [-0.3, -0.25) is 9.59 Å². The molecule has 0 aromatic rings. The first-order chi connectivity index (χ1) is 7.72. The van der Waals surface area contributed by atoms with Crippen LogP contribution >= 0.6 is 0 Å². The fourth-order valence-corrected chi connectivity index (χ4v) is 1.42. The molecule has 0 aliphatic heterocycles. The summed E-state index contributed by atoms with van der Waals surface area (Å²) in [6.07, 6.45) is -5.32. The molecular formula is C9H13F3N2O3. The lowest BCUT2D eigenvalue weighted by Crippen LogP contribution is -2.50. The number of carboxylic acids is 1. The number of hydrogen-bond acceptors (Lipinski definition) is 3. The quantitative estimate of drug-likeness (QED) is 0.657. The molecule has 1 atom stereocenters. The molecule has 17 heavy (non-hydrogen) atoms. The minimum atomic E-state index is -4.49. The molecule has 1 aliphatic carbocycles. The van der Waals surface area contributed by atoms with Crippen LogP contribution in [-0.2, 0) is 9.59 Å². The molecule has 1 aliphatic rings. The predicted molar refractivity (Wildman–Crippen MR) is 51.3 cm³/mol. The molecule has 98 valence electrons. The van der Waals surface area contributed by atoms with Gasteiger partial charge in [0.2, 0.25) is 5.91 Å². The van der Waals surface area contributed by atoms with Crippen molar-refractivity contribution in [2.24, 2.45) is 0 Å². The maximum Gasteiger partial charge on any atom is 0.411 e. The van der Waals surface area contributed by atoms with Crippen LogP contribution in [-0.4, -0.2) is 41.8 Å². The zero-order valence-electron chi connectivity index (χ0n) is 9.10. The van der Waals surface area contributed by atoms with Crippen molar-refractivity contribution in [3.05, 3.63) is 0 Å². The molecule has 0 saturated heterocycles. The minimum absolute atomic E-state index is 0.153. The summed E-state index contributed by atoms with van der Waals surface area (Å²) in [5.41, 5.74) is -2.14. The van der Waals surface area contributed by atoms with Gasteiger partial charge in [0.25, 0.3) is 0 Å². The van der Waals surface area contributed by atoms with Crippen LogP contribution < -0.4 is 10.6 Å². The molecule has 0 bridgehead atoms. The monoisotopic (exact) mass is 254 g/mol. The van der Waals surface area contributed by atoms with Crippen molar-refractivity contribution in [1.29, 1.82) is 0 Å². The molecule has 0 aromatic carbocycles. The third kappa shape index (κ3) is 3.09. The van der Waals surface area contributed by atoms with Gasteiger partial charge in [-0.25, -0.2) is 0 Å². The molecule has 5 nitrogen and oxygen atoms in total. The summed E-state index contributed by atoms with van der Waals surface area (Å²) in [7, 11) is 1.32. The zero-order chi connectivity index (χ0) is 13.3. The SMILES string of the molecule is CNC(CC(=O)NC1(C(F)(F)F)CC1)C(=O)O. The van der Waals surface area contributed by atoms with E-state index in [9.17, 15) is 22.8 Å². The topological polar surface area (TPSA) is 78.4 Å². The van der Waals surface area contributed by atoms with Crippen molar-refractivity contribution in [2.45, 2.75) is 37.0 Å². The Balaban J connectivity index is 2.54. The molecule has 0 aromatic heterocycles. The first-order valence-electron chi connectivity index (χ1n) is 5.00. The van der Waals surface area contributed by atoms with Crippen molar-refractivity contribution in [1.82, 2.24) is 10.6 Å². The Morgan fingerprint density at radius 2 is 1.94 bits per heavy atom. The fourth-order valence-electron chi connectivity index (χ4n) is 1.42. The van der Waals surface area contributed by atoms with Crippen molar-refractivity contribution in [2.75, 3.05) is 7.05 Å². The summed E-state index contributed by atoms with van der Waals surface area (Å²) in [6, 6.07) is -1.18. The van der Waals surface area contributed by atoms with E-state index in [-0.39, 0.29) is 12.8 Å². The lowest BCUT2D eigenvalue weighted by molar-refractivity contribution is -0.170. The summed E-state index contributed by atoms with van der Waals surface area (Å²) in [6.45, 7) is 0. The highest BCUT2D eigenvalue weighted by Crippen LogP contribution is 2.48. The third-order valence-corrected chi connectivity index (χ3v) is 2.71. The summed E-state index contributed by atoms with van der Waals surface area (Å²) >= 11 is 0. The smallest absolute Gasteiger partial charge is 0.411 e. The number of likely N-dealkylation sites (N-methyl/N-ethyl adjacent to an activating group) is 1. The molecule has 3 N–H and O–H groups in total. The maximum atomic E-state index is 12.5. The standard InChI is InChI=1S/C9H13F3N2O3/c1-13-5(7(16)17)4-6(15)14-8(2-3-8)9(10,11)12/h5,13H,2-4H2,1H3,(H,14,15)(H,16,17). The van der Waals surface area contributed by atoms with Crippen LogP contribution in [0.2, 0.25) is 0 Å². The van der Waals surface area contributed by atoms with E-state index in [0.29, 0.717) is 0 Å². The number of halogens is 3. The summed E-state index contributed by atoms with van der Waals surface area (Å²) < 4.78 is 37.5. The lowest BCUT2D eigenvalue weighted by Gasteiger charge is -2.21. The second-order valence-electron chi connectivity index (χ2n) is 4.01. The van der Waals surface area contributed by atoms with Gasteiger partial charge >= 0.3 is 12.1 Å². The second kappa shape index (κ2) is 4.52. The number of carboxylic acid groups (broad SMARTS) is 1. The second-order valence-corrected chi connectivity index (χ2v) is 4.01. The lowest BCUT2D eigenvalue weighted by atomic mass is 10.1. The van der Waals surface area contributed by atoms with Gasteiger partial charge < -0.3 is 15.7 Å². The Morgan fingerprint density at radius 3 is 2.24 bits per heavy atom. The molecule has 1 unspecified atom stereocenters. The molecule has 0 heterocycles. The van der Waals surface area contributed by atoms with Gasteiger partial charge in [0, 0.05) is 0 Å². The highest BCUT2D eigenvalue weighted by molar-refractivity contribution is 5.85.